The highest BCUT2D eigenvalue weighted by molar-refractivity contribution is 6.07. The summed E-state index contributed by atoms with van der Waals surface area (Å²) in [5.41, 5.74) is 6.94. The molecule has 0 saturated heterocycles. The molecule has 7 nitrogen and oxygen atoms in total. The molecule has 1 aliphatic heterocycles. The third-order valence-corrected chi connectivity index (χ3v) is 7.83. The predicted molar refractivity (Wildman–Crippen MR) is 164 cm³/mol. The average molecular weight is 557 g/mol. The summed E-state index contributed by atoms with van der Waals surface area (Å²) in [5, 5.41) is 0. The summed E-state index contributed by atoms with van der Waals surface area (Å²) >= 11 is 0. The van der Waals surface area contributed by atoms with Crippen LogP contribution in [0.5, 0.6) is 5.75 Å². The summed E-state index contributed by atoms with van der Waals surface area (Å²) in [7, 11) is 3.45. The number of aromatic nitrogens is 2. The van der Waals surface area contributed by atoms with E-state index >= 15 is 0 Å². The molecule has 0 fully saturated rings. The lowest BCUT2D eigenvalue weighted by Gasteiger charge is -2.23. The fourth-order valence-electron chi connectivity index (χ4n) is 5.51. The Morgan fingerprint density at radius 2 is 1.64 bits per heavy atom. The van der Waals surface area contributed by atoms with Crippen LogP contribution >= 0.6 is 0 Å². The van der Waals surface area contributed by atoms with Crippen molar-refractivity contribution in [2.45, 2.75) is 19.5 Å². The Bertz CT molecular complexity index is 1730. The van der Waals surface area contributed by atoms with Gasteiger partial charge in [-0.15, -0.1) is 0 Å². The Morgan fingerprint density at radius 3 is 2.43 bits per heavy atom. The third-order valence-electron chi connectivity index (χ3n) is 7.83. The summed E-state index contributed by atoms with van der Waals surface area (Å²) < 4.78 is 7.75. The molecule has 3 aromatic carbocycles. The first-order valence-corrected chi connectivity index (χ1v) is 14.0. The number of hydrogen-bond acceptors (Lipinski definition) is 4. The van der Waals surface area contributed by atoms with Crippen LogP contribution in [0.1, 0.15) is 37.7 Å². The molecule has 0 atom stereocenters. The Hall–Kier alpha value is -5.17. The number of methoxy groups -OCH3 is 1. The second-order valence-corrected chi connectivity index (χ2v) is 10.4. The van der Waals surface area contributed by atoms with E-state index in [0.29, 0.717) is 36.6 Å². The predicted octanol–water partition coefficient (Wildman–Crippen LogP) is 6.08. The minimum Gasteiger partial charge on any atom is -0.496 e. The first kappa shape index (κ1) is 27.0. The SMILES string of the molecule is COc1cc(C(=O)N2Cc3ccc(C(=O)N(C)CCc4ccncc4)n3Cc3ccccc32)ccc1-c1ccccc1. The molecule has 0 aliphatic carbocycles. The van der Waals surface area contributed by atoms with Crippen molar-refractivity contribution in [3.63, 3.8) is 0 Å². The van der Waals surface area contributed by atoms with Gasteiger partial charge in [0.2, 0.25) is 0 Å². The second-order valence-electron chi connectivity index (χ2n) is 10.4. The van der Waals surface area contributed by atoms with Crippen molar-refractivity contribution in [2.24, 2.45) is 0 Å². The summed E-state index contributed by atoms with van der Waals surface area (Å²) in [6.07, 6.45) is 4.28. The molecule has 0 N–H and O–H groups in total. The maximum Gasteiger partial charge on any atom is 0.270 e. The standard InChI is InChI=1S/C35H32N4O3/c1-37(21-18-25-16-19-36-20-17-25)35(41)32-15-13-29-24-39(31-11-7-6-10-28(31)23-38(29)32)34(40)27-12-14-30(33(22-27)42-2)26-8-4-3-5-9-26/h3-17,19-20,22H,18,21,23-24H2,1-2H3. The molecule has 0 unspecified atom stereocenters. The maximum atomic E-state index is 14.1. The van der Waals surface area contributed by atoms with E-state index in [4.69, 9.17) is 4.74 Å². The summed E-state index contributed by atoms with van der Waals surface area (Å²) in [5.74, 6) is 0.465. The first-order chi connectivity index (χ1) is 20.5. The van der Waals surface area contributed by atoms with Gasteiger partial charge in [0.1, 0.15) is 11.4 Å². The van der Waals surface area contributed by atoms with Gasteiger partial charge in [0, 0.05) is 48.5 Å². The summed E-state index contributed by atoms with van der Waals surface area (Å²) in [6, 6.07) is 31.2. The Balaban J connectivity index is 1.29. The molecule has 42 heavy (non-hydrogen) atoms. The second kappa shape index (κ2) is 11.7. The Morgan fingerprint density at radius 1 is 0.881 bits per heavy atom. The highest BCUT2D eigenvalue weighted by Gasteiger charge is 2.28. The molecule has 7 heteroatoms. The molecule has 2 aromatic heterocycles. The molecule has 0 saturated carbocycles. The van der Waals surface area contributed by atoms with E-state index in [9.17, 15) is 9.59 Å². The lowest BCUT2D eigenvalue weighted by atomic mass is 10.0. The van der Waals surface area contributed by atoms with Crippen LogP contribution in [0.15, 0.2) is 109 Å². The van der Waals surface area contributed by atoms with Gasteiger partial charge >= 0.3 is 0 Å². The van der Waals surface area contributed by atoms with Crippen molar-refractivity contribution in [3.05, 3.63) is 138 Å². The van der Waals surface area contributed by atoms with Crippen LogP contribution in [-0.2, 0) is 19.5 Å². The number of ether oxygens (including phenoxy) is 1. The van der Waals surface area contributed by atoms with Gasteiger partial charge in [0.25, 0.3) is 11.8 Å². The van der Waals surface area contributed by atoms with Gasteiger partial charge in [-0.1, -0.05) is 48.5 Å². The molecule has 0 spiro atoms. The zero-order chi connectivity index (χ0) is 29.1. The highest BCUT2D eigenvalue weighted by Crippen LogP contribution is 2.34. The van der Waals surface area contributed by atoms with Gasteiger partial charge in [-0.2, -0.15) is 0 Å². The highest BCUT2D eigenvalue weighted by atomic mass is 16.5. The van der Waals surface area contributed by atoms with Gasteiger partial charge in [-0.3, -0.25) is 14.6 Å². The first-order valence-electron chi connectivity index (χ1n) is 14.0. The fourth-order valence-corrected chi connectivity index (χ4v) is 5.51. The maximum absolute atomic E-state index is 14.1. The molecular formula is C35H32N4O3. The molecule has 0 bridgehead atoms. The van der Waals surface area contributed by atoms with E-state index < -0.39 is 0 Å². The normalized spacial score (nSPS) is 12.2. The third kappa shape index (κ3) is 5.29. The van der Waals surface area contributed by atoms with E-state index in [0.717, 1.165) is 40.1 Å². The molecule has 6 rings (SSSR count). The Kier molecular flexibility index (Phi) is 7.56. The van der Waals surface area contributed by atoms with Crippen LogP contribution in [0.3, 0.4) is 0 Å². The van der Waals surface area contributed by atoms with Gasteiger partial charge in [0.05, 0.1) is 20.2 Å². The summed E-state index contributed by atoms with van der Waals surface area (Å²) in [4.78, 5) is 35.3. The zero-order valence-corrected chi connectivity index (χ0v) is 23.7. The number of para-hydroxylation sites is 1. The van der Waals surface area contributed by atoms with Gasteiger partial charge in [0.15, 0.2) is 0 Å². The number of rotatable bonds is 7. The molecule has 210 valence electrons. The topological polar surface area (TPSA) is 67.7 Å². The minimum absolute atomic E-state index is 0.0474. The van der Waals surface area contributed by atoms with Crippen LogP contribution in [0, 0.1) is 0 Å². The molecule has 5 aromatic rings. The quantitative estimate of drug-likeness (QED) is 0.244. The van der Waals surface area contributed by atoms with Crippen molar-refractivity contribution < 1.29 is 14.3 Å². The van der Waals surface area contributed by atoms with Crippen molar-refractivity contribution in [3.8, 4) is 16.9 Å². The number of likely N-dealkylation sites (N-methyl/N-ethyl adjacent to an activating group) is 1. The summed E-state index contributed by atoms with van der Waals surface area (Å²) in [6.45, 7) is 1.43. The number of anilines is 1. The zero-order valence-electron chi connectivity index (χ0n) is 23.7. The fraction of sp³-hybridized carbons (Fsp3) is 0.171. The number of fused-ring (bicyclic) bond motifs is 2. The smallest absolute Gasteiger partial charge is 0.270 e. The lowest BCUT2D eigenvalue weighted by molar-refractivity contribution is 0.0786. The molecule has 0 radical (unpaired) electrons. The van der Waals surface area contributed by atoms with Crippen molar-refractivity contribution in [2.75, 3.05) is 25.6 Å². The number of pyridine rings is 1. The monoisotopic (exact) mass is 556 g/mol. The lowest BCUT2D eigenvalue weighted by Crippen LogP contribution is -2.31. The molecule has 3 heterocycles. The minimum atomic E-state index is -0.127. The van der Waals surface area contributed by atoms with Crippen LogP contribution in [0.25, 0.3) is 11.1 Å². The van der Waals surface area contributed by atoms with Crippen LogP contribution in [0.2, 0.25) is 0 Å². The van der Waals surface area contributed by atoms with Crippen molar-refractivity contribution in [1.29, 1.82) is 0 Å². The van der Waals surface area contributed by atoms with E-state index in [1.165, 1.54) is 0 Å². The van der Waals surface area contributed by atoms with Gasteiger partial charge in [-0.05, 0) is 71.6 Å². The largest absolute Gasteiger partial charge is 0.496 e. The van der Waals surface area contributed by atoms with Crippen LogP contribution in [-0.4, -0.2) is 47.0 Å². The number of carbonyl (C=O) groups excluding carboxylic acids is 2. The number of amides is 2. The molecule has 2 amide bonds. The van der Waals surface area contributed by atoms with Crippen LogP contribution in [0.4, 0.5) is 5.69 Å². The number of benzene rings is 3. The van der Waals surface area contributed by atoms with E-state index in [1.807, 2.05) is 109 Å². The number of nitrogens with zero attached hydrogens (tertiary/aromatic N) is 4. The van der Waals surface area contributed by atoms with Gasteiger partial charge in [-0.25, -0.2) is 0 Å². The van der Waals surface area contributed by atoms with Gasteiger partial charge < -0.3 is 19.1 Å². The van der Waals surface area contributed by atoms with Crippen molar-refractivity contribution >= 4 is 17.5 Å². The number of carbonyl (C=O) groups is 2. The molecule has 1 aliphatic rings. The molecular weight excluding hydrogens is 524 g/mol. The number of hydrogen-bond donors (Lipinski definition) is 0. The van der Waals surface area contributed by atoms with Crippen LogP contribution < -0.4 is 9.64 Å². The van der Waals surface area contributed by atoms with E-state index in [-0.39, 0.29) is 11.8 Å². The van der Waals surface area contributed by atoms with E-state index in [2.05, 4.69) is 4.98 Å². The van der Waals surface area contributed by atoms with Crippen molar-refractivity contribution in [1.82, 2.24) is 14.5 Å². The Labute approximate surface area is 245 Å². The average Bonchev–Trinajstić information content (AvgIpc) is 3.36. The van der Waals surface area contributed by atoms with E-state index in [1.54, 1.807) is 29.3 Å².